The molecular formula is C15H15ClN2O. The Morgan fingerprint density at radius 2 is 1.84 bits per heavy atom. The first-order chi connectivity index (χ1) is 9.16. The molecule has 0 spiro atoms. The van der Waals surface area contributed by atoms with Crippen LogP contribution in [0.2, 0.25) is 5.02 Å². The summed E-state index contributed by atoms with van der Waals surface area (Å²) >= 11 is 5.81. The zero-order chi connectivity index (χ0) is 13.7. The summed E-state index contributed by atoms with van der Waals surface area (Å²) < 4.78 is 0. The van der Waals surface area contributed by atoms with Crippen LogP contribution in [0.15, 0.2) is 53.7 Å². The zero-order valence-electron chi connectivity index (χ0n) is 10.6. The summed E-state index contributed by atoms with van der Waals surface area (Å²) in [6, 6.07) is 15.0. The SMILES string of the molecule is C/C(=N\OCc1ccc(Cl)cc1)c1ccccc1N. The molecule has 2 rings (SSSR count). The molecule has 98 valence electrons. The maximum absolute atomic E-state index is 5.87. The lowest BCUT2D eigenvalue weighted by molar-refractivity contribution is 0.130. The molecule has 0 saturated heterocycles. The lowest BCUT2D eigenvalue weighted by Gasteiger charge is -2.05. The molecule has 19 heavy (non-hydrogen) atoms. The van der Waals surface area contributed by atoms with Crippen LogP contribution in [0.25, 0.3) is 0 Å². The van der Waals surface area contributed by atoms with Crippen molar-refractivity contribution in [2.75, 3.05) is 5.73 Å². The van der Waals surface area contributed by atoms with Crippen LogP contribution < -0.4 is 5.73 Å². The van der Waals surface area contributed by atoms with Crippen molar-refractivity contribution in [1.29, 1.82) is 0 Å². The van der Waals surface area contributed by atoms with Gasteiger partial charge in [0, 0.05) is 16.3 Å². The van der Waals surface area contributed by atoms with Crippen molar-refractivity contribution in [3.63, 3.8) is 0 Å². The summed E-state index contributed by atoms with van der Waals surface area (Å²) in [6.45, 7) is 2.27. The molecule has 0 heterocycles. The predicted octanol–water partition coefficient (Wildman–Crippen LogP) is 3.86. The third-order valence-corrected chi connectivity index (χ3v) is 2.95. The second kappa shape index (κ2) is 6.25. The number of halogens is 1. The second-order valence-electron chi connectivity index (χ2n) is 4.16. The highest BCUT2D eigenvalue weighted by Gasteiger charge is 2.02. The van der Waals surface area contributed by atoms with Gasteiger partial charge in [-0.2, -0.15) is 0 Å². The molecule has 0 aliphatic carbocycles. The Bertz CT molecular complexity index is 579. The Kier molecular flexibility index (Phi) is 4.42. The van der Waals surface area contributed by atoms with Crippen molar-refractivity contribution >= 4 is 23.0 Å². The van der Waals surface area contributed by atoms with Crippen molar-refractivity contribution in [2.24, 2.45) is 5.16 Å². The lowest BCUT2D eigenvalue weighted by atomic mass is 10.1. The van der Waals surface area contributed by atoms with E-state index in [9.17, 15) is 0 Å². The van der Waals surface area contributed by atoms with Gasteiger partial charge in [-0.15, -0.1) is 0 Å². The Labute approximate surface area is 117 Å². The van der Waals surface area contributed by atoms with Crippen LogP contribution in [-0.4, -0.2) is 5.71 Å². The summed E-state index contributed by atoms with van der Waals surface area (Å²) in [7, 11) is 0. The van der Waals surface area contributed by atoms with Crippen LogP contribution in [-0.2, 0) is 11.4 Å². The molecule has 2 N–H and O–H groups in total. The first-order valence-electron chi connectivity index (χ1n) is 5.92. The van der Waals surface area contributed by atoms with Crippen molar-refractivity contribution in [2.45, 2.75) is 13.5 Å². The van der Waals surface area contributed by atoms with Gasteiger partial charge in [0.2, 0.25) is 0 Å². The van der Waals surface area contributed by atoms with Crippen molar-refractivity contribution in [1.82, 2.24) is 0 Å². The summed E-state index contributed by atoms with van der Waals surface area (Å²) in [5, 5.41) is 4.79. The number of oxime groups is 1. The van der Waals surface area contributed by atoms with E-state index in [1.54, 1.807) is 0 Å². The van der Waals surface area contributed by atoms with Crippen LogP contribution in [0.1, 0.15) is 18.1 Å². The van der Waals surface area contributed by atoms with Crippen LogP contribution in [0, 0.1) is 0 Å². The molecule has 0 aromatic heterocycles. The number of rotatable bonds is 4. The van der Waals surface area contributed by atoms with Crippen molar-refractivity contribution < 1.29 is 4.84 Å². The fraction of sp³-hybridized carbons (Fsp3) is 0.133. The number of anilines is 1. The fourth-order valence-electron chi connectivity index (χ4n) is 1.66. The molecule has 0 aliphatic rings. The Morgan fingerprint density at radius 3 is 2.53 bits per heavy atom. The highest BCUT2D eigenvalue weighted by Crippen LogP contribution is 2.13. The Balaban J connectivity index is 1.99. The average molecular weight is 275 g/mol. The Morgan fingerprint density at radius 1 is 1.16 bits per heavy atom. The maximum atomic E-state index is 5.87. The van der Waals surface area contributed by atoms with E-state index >= 15 is 0 Å². The summed E-state index contributed by atoms with van der Waals surface area (Å²) in [4.78, 5) is 5.32. The average Bonchev–Trinajstić information content (AvgIpc) is 2.41. The van der Waals surface area contributed by atoms with Gasteiger partial charge in [-0.25, -0.2) is 0 Å². The standard InChI is InChI=1S/C15H15ClN2O/c1-11(14-4-2-3-5-15(14)17)18-19-10-12-6-8-13(16)9-7-12/h2-9H,10,17H2,1H3/b18-11+. The molecule has 0 unspecified atom stereocenters. The smallest absolute Gasteiger partial charge is 0.142 e. The molecule has 0 bridgehead atoms. The predicted molar refractivity (Wildman–Crippen MR) is 79.3 cm³/mol. The normalized spacial score (nSPS) is 11.4. The molecule has 0 radical (unpaired) electrons. The van der Waals surface area contributed by atoms with E-state index in [4.69, 9.17) is 22.2 Å². The van der Waals surface area contributed by atoms with E-state index in [0.29, 0.717) is 17.3 Å². The summed E-state index contributed by atoms with van der Waals surface area (Å²) in [5.41, 5.74) is 9.22. The quantitative estimate of drug-likeness (QED) is 0.523. The highest BCUT2D eigenvalue weighted by molar-refractivity contribution is 6.30. The molecule has 2 aromatic rings. The first-order valence-corrected chi connectivity index (χ1v) is 6.30. The molecule has 2 aromatic carbocycles. The van der Waals surface area contributed by atoms with Gasteiger partial charge in [0.1, 0.15) is 6.61 Å². The van der Waals surface area contributed by atoms with Crippen molar-refractivity contribution in [3.8, 4) is 0 Å². The minimum Gasteiger partial charge on any atom is -0.398 e. The van der Waals surface area contributed by atoms with Gasteiger partial charge >= 0.3 is 0 Å². The highest BCUT2D eigenvalue weighted by atomic mass is 35.5. The van der Waals surface area contributed by atoms with Crippen LogP contribution >= 0.6 is 11.6 Å². The molecule has 0 atom stereocenters. The van der Waals surface area contributed by atoms with E-state index in [1.807, 2.05) is 55.5 Å². The number of nitrogens with zero attached hydrogens (tertiary/aromatic N) is 1. The van der Waals surface area contributed by atoms with Crippen LogP contribution in [0.3, 0.4) is 0 Å². The fourth-order valence-corrected chi connectivity index (χ4v) is 1.79. The number of benzene rings is 2. The molecule has 0 saturated carbocycles. The molecule has 3 nitrogen and oxygen atoms in total. The molecule has 0 fully saturated rings. The number of para-hydroxylation sites is 1. The molecule has 0 amide bonds. The summed E-state index contributed by atoms with van der Waals surface area (Å²) in [6.07, 6.45) is 0. The third kappa shape index (κ3) is 3.73. The minimum absolute atomic E-state index is 0.404. The minimum atomic E-state index is 0.404. The maximum Gasteiger partial charge on any atom is 0.142 e. The van der Waals surface area contributed by atoms with E-state index in [2.05, 4.69) is 5.16 Å². The van der Waals surface area contributed by atoms with Crippen molar-refractivity contribution in [3.05, 3.63) is 64.7 Å². The monoisotopic (exact) mass is 274 g/mol. The Hall–Kier alpha value is -2.00. The number of hydrogen-bond donors (Lipinski definition) is 1. The second-order valence-corrected chi connectivity index (χ2v) is 4.60. The van der Waals surface area contributed by atoms with Gasteiger partial charge < -0.3 is 10.6 Å². The molecule has 4 heteroatoms. The zero-order valence-corrected chi connectivity index (χ0v) is 11.4. The lowest BCUT2D eigenvalue weighted by Crippen LogP contribution is -2.01. The van der Waals surface area contributed by atoms with Gasteiger partial charge in [0.25, 0.3) is 0 Å². The number of hydrogen-bond acceptors (Lipinski definition) is 3. The van der Waals surface area contributed by atoms with E-state index in [0.717, 1.165) is 16.8 Å². The largest absolute Gasteiger partial charge is 0.398 e. The van der Waals surface area contributed by atoms with Gasteiger partial charge in [0.05, 0.1) is 5.71 Å². The van der Waals surface area contributed by atoms with E-state index in [1.165, 1.54) is 0 Å². The number of nitrogens with two attached hydrogens (primary N) is 1. The van der Waals surface area contributed by atoms with Gasteiger partial charge in [-0.3, -0.25) is 0 Å². The van der Waals surface area contributed by atoms with E-state index in [-0.39, 0.29) is 0 Å². The van der Waals surface area contributed by atoms with E-state index < -0.39 is 0 Å². The topological polar surface area (TPSA) is 47.6 Å². The summed E-state index contributed by atoms with van der Waals surface area (Å²) in [5.74, 6) is 0. The number of nitrogen functional groups attached to an aromatic ring is 1. The first kappa shape index (κ1) is 13.4. The van der Waals surface area contributed by atoms with Gasteiger partial charge in [0.15, 0.2) is 0 Å². The van der Waals surface area contributed by atoms with Crippen LogP contribution in [0.4, 0.5) is 5.69 Å². The van der Waals surface area contributed by atoms with Gasteiger partial charge in [-0.05, 0) is 30.7 Å². The third-order valence-electron chi connectivity index (χ3n) is 2.70. The van der Waals surface area contributed by atoms with Gasteiger partial charge in [-0.1, -0.05) is 47.1 Å². The van der Waals surface area contributed by atoms with Crippen LogP contribution in [0.5, 0.6) is 0 Å². The molecule has 0 aliphatic heterocycles. The molecular weight excluding hydrogens is 260 g/mol.